The van der Waals surface area contributed by atoms with Crippen LogP contribution in [-0.2, 0) is 9.59 Å². The highest BCUT2D eigenvalue weighted by molar-refractivity contribution is 9.10. The van der Waals surface area contributed by atoms with E-state index in [0.717, 1.165) is 14.9 Å². The fourth-order valence-corrected chi connectivity index (χ4v) is 3.01. The zero-order valence-electron chi connectivity index (χ0n) is 14.4. The van der Waals surface area contributed by atoms with E-state index >= 15 is 0 Å². The van der Waals surface area contributed by atoms with Crippen molar-refractivity contribution in [2.45, 2.75) is 0 Å². The van der Waals surface area contributed by atoms with E-state index in [1.165, 1.54) is 25.9 Å². The van der Waals surface area contributed by atoms with Crippen LogP contribution in [0.4, 0.5) is 0 Å². The molecule has 1 aromatic carbocycles. The average molecular weight is 437 g/mol. The lowest BCUT2D eigenvalue weighted by molar-refractivity contribution is -0.133. The molecule has 26 heavy (non-hydrogen) atoms. The summed E-state index contributed by atoms with van der Waals surface area (Å²) in [5.41, 5.74) is 0.723. The van der Waals surface area contributed by atoms with E-state index in [1.54, 1.807) is 49.0 Å². The molecule has 0 aliphatic carbocycles. The predicted molar refractivity (Wildman–Crippen MR) is 105 cm³/mol. The van der Waals surface area contributed by atoms with Gasteiger partial charge in [-0.1, -0.05) is 15.9 Å². The van der Waals surface area contributed by atoms with Crippen molar-refractivity contribution in [3.05, 3.63) is 51.6 Å². The quantitative estimate of drug-likeness (QED) is 0.483. The van der Waals surface area contributed by atoms with Gasteiger partial charge in [0, 0.05) is 23.9 Å². The number of halogens is 1. The summed E-state index contributed by atoms with van der Waals surface area (Å²) in [4.78, 5) is 28.4. The summed E-state index contributed by atoms with van der Waals surface area (Å²) in [7, 11) is 2.96. The second kappa shape index (κ2) is 9.40. The lowest BCUT2D eigenvalue weighted by atomic mass is 10.2. The first-order valence-corrected chi connectivity index (χ1v) is 9.45. The van der Waals surface area contributed by atoms with E-state index in [2.05, 4.69) is 20.9 Å². The van der Waals surface area contributed by atoms with Crippen molar-refractivity contribution in [1.82, 2.24) is 9.88 Å². The predicted octanol–water partition coefficient (Wildman–Crippen LogP) is 3.96. The summed E-state index contributed by atoms with van der Waals surface area (Å²) >= 11 is 4.75. The standard InChI is InChI=1S/C18H17BrN2O4S/c1-21(11-22)18(23)17(26-3)9-12-8-15(24-2)16(10-14(12)19)25-13-4-6-20-7-5-13/h4-11H,1-3H3/b17-9-. The number of benzene rings is 1. The van der Waals surface area contributed by atoms with Gasteiger partial charge >= 0.3 is 0 Å². The smallest absolute Gasteiger partial charge is 0.266 e. The minimum atomic E-state index is -0.379. The summed E-state index contributed by atoms with van der Waals surface area (Å²) in [6, 6.07) is 6.99. The van der Waals surface area contributed by atoms with Crippen molar-refractivity contribution in [3.63, 3.8) is 0 Å². The van der Waals surface area contributed by atoms with Crippen molar-refractivity contribution in [1.29, 1.82) is 0 Å². The molecule has 2 rings (SSSR count). The van der Waals surface area contributed by atoms with E-state index in [4.69, 9.17) is 9.47 Å². The molecule has 2 amide bonds. The maximum atomic E-state index is 12.2. The molecule has 8 heteroatoms. The Morgan fingerprint density at radius 3 is 2.54 bits per heavy atom. The molecule has 0 aliphatic heterocycles. The number of nitrogens with zero attached hydrogens (tertiary/aromatic N) is 2. The van der Waals surface area contributed by atoms with Gasteiger partial charge in [0.2, 0.25) is 6.41 Å². The molecule has 0 radical (unpaired) electrons. The van der Waals surface area contributed by atoms with Crippen LogP contribution in [0.2, 0.25) is 0 Å². The average Bonchev–Trinajstić information content (AvgIpc) is 2.67. The fraction of sp³-hybridized carbons (Fsp3) is 0.167. The fourth-order valence-electron chi connectivity index (χ4n) is 2.00. The molecule has 0 unspecified atom stereocenters. The minimum Gasteiger partial charge on any atom is -0.493 e. The molecule has 0 fully saturated rings. The van der Waals surface area contributed by atoms with Crippen LogP contribution in [0.1, 0.15) is 5.56 Å². The maximum Gasteiger partial charge on any atom is 0.266 e. The summed E-state index contributed by atoms with van der Waals surface area (Å²) in [5.74, 6) is 1.27. The van der Waals surface area contributed by atoms with E-state index in [-0.39, 0.29) is 5.91 Å². The number of hydrogen-bond acceptors (Lipinski definition) is 6. The Morgan fingerprint density at radius 2 is 1.96 bits per heavy atom. The van der Waals surface area contributed by atoms with Crippen molar-refractivity contribution < 1.29 is 19.1 Å². The van der Waals surface area contributed by atoms with Gasteiger partial charge in [0.15, 0.2) is 11.5 Å². The normalized spacial score (nSPS) is 11.0. The van der Waals surface area contributed by atoms with E-state index in [9.17, 15) is 9.59 Å². The van der Waals surface area contributed by atoms with Crippen molar-refractivity contribution in [2.24, 2.45) is 0 Å². The van der Waals surface area contributed by atoms with Crippen LogP contribution in [0.25, 0.3) is 6.08 Å². The zero-order valence-corrected chi connectivity index (χ0v) is 16.8. The molecule has 0 atom stereocenters. The molecule has 1 heterocycles. The van der Waals surface area contributed by atoms with Gasteiger partial charge in [0.25, 0.3) is 5.91 Å². The SMILES string of the molecule is COc1cc(/C=C(\SC)C(=O)N(C)C=O)c(Br)cc1Oc1ccncc1. The Kier molecular flexibility index (Phi) is 7.23. The first kappa shape index (κ1) is 20.0. The van der Waals surface area contributed by atoms with Gasteiger partial charge in [0.05, 0.1) is 12.0 Å². The Morgan fingerprint density at radius 1 is 1.27 bits per heavy atom. The third-order valence-corrected chi connectivity index (χ3v) is 4.78. The molecule has 2 aromatic rings. The highest BCUT2D eigenvalue weighted by atomic mass is 79.9. The van der Waals surface area contributed by atoms with Gasteiger partial charge in [-0.25, -0.2) is 0 Å². The molecule has 0 saturated heterocycles. The summed E-state index contributed by atoms with van der Waals surface area (Å²) in [5, 5.41) is 0. The van der Waals surface area contributed by atoms with Crippen molar-refractivity contribution in [2.75, 3.05) is 20.4 Å². The molecule has 0 N–H and O–H groups in total. The van der Waals surface area contributed by atoms with Crippen LogP contribution in [0.3, 0.4) is 0 Å². The van der Waals surface area contributed by atoms with E-state index in [1.807, 2.05) is 0 Å². The molecular formula is C18H17BrN2O4S. The number of imide groups is 1. The van der Waals surface area contributed by atoms with Gasteiger partial charge in [-0.3, -0.25) is 19.5 Å². The number of likely N-dealkylation sites (N-methyl/N-ethyl adjacent to an activating group) is 1. The van der Waals surface area contributed by atoms with Crippen molar-refractivity contribution >= 4 is 46.1 Å². The molecule has 136 valence electrons. The van der Waals surface area contributed by atoms with Gasteiger partial charge in [-0.05, 0) is 42.2 Å². The number of methoxy groups -OCH3 is 1. The van der Waals surface area contributed by atoms with Crippen LogP contribution in [0, 0.1) is 0 Å². The Hall–Kier alpha value is -2.32. The molecule has 0 saturated carbocycles. The number of aromatic nitrogens is 1. The minimum absolute atomic E-state index is 0.379. The first-order valence-electron chi connectivity index (χ1n) is 7.43. The molecule has 1 aromatic heterocycles. The summed E-state index contributed by atoms with van der Waals surface area (Å²) < 4.78 is 12.0. The van der Waals surface area contributed by atoms with Crippen LogP contribution < -0.4 is 9.47 Å². The zero-order chi connectivity index (χ0) is 19.1. The molecule has 0 bridgehead atoms. The maximum absolute atomic E-state index is 12.2. The number of thioether (sulfide) groups is 1. The number of carbonyl (C=O) groups excluding carboxylic acids is 2. The van der Waals surface area contributed by atoms with Crippen molar-refractivity contribution in [3.8, 4) is 17.2 Å². The first-order chi connectivity index (χ1) is 12.5. The molecule has 6 nitrogen and oxygen atoms in total. The third kappa shape index (κ3) is 4.86. The second-order valence-corrected chi connectivity index (χ2v) is 6.75. The number of ether oxygens (including phenoxy) is 2. The van der Waals surface area contributed by atoms with Gasteiger partial charge in [0.1, 0.15) is 5.75 Å². The van der Waals surface area contributed by atoms with Crippen LogP contribution in [-0.4, -0.2) is 42.6 Å². The Bertz CT molecular complexity index is 827. The number of pyridine rings is 1. The summed E-state index contributed by atoms with van der Waals surface area (Å²) in [6.45, 7) is 0. The number of rotatable bonds is 7. The monoisotopic (exact) mass is 436 g/mol. The topological polar surface area (TPSA) is 68.7 Å². The summed E-state index contributed by atoms with van der Waals surface area (Å²) in [6.07, 6.45) is 7.21. The lowest BCUT2D eigenvalue weighted by Gasteiger charge is -2.14. The number of amides is 2. The van der Waals surface area contributed by atoms with E-state index in [0.29, 0.717) is 28.6 Å². The van der Waals surface area contributed by atoms with Crippen LogP contribution in [0.5, 0.6) is 17.2 Å². The highest BCUT2D eigenvalue weighted by Gasteiger charge is 2.16. The Labute approximate surface area is 164 Å². The molecule has 0 spiro atoms. The second-order valence-electron chi connectivity index (χ2n) is 5.04. The van der Waals surface area contributed by atoms with Gasteiger partial charge < -0.3 is 9.47 Å². The van der Waals surface area contributed by atoms with Crippen LogP contribution in [0.15, 0.2) is 46.0 Å². The van der Waals surface area contributed by atoms with E-state index < -0.39 is 0 Å². The third-order valence-electron chi connectivity index (χ3n) is 3.36. The largest absolute Gasteiger partial charge is 0.493 e. The Balaban J connectivity index is 2.40. The number of carbonyl (C=O) groups is 2. The van der Waals surface area contributed by atoms with Crippen LogP contribution >= 0.6 is 27.7 Å². The molecular weight excluding hydrogens is 420 g/mol. The van der Waals surface area contributed by atoms with Gasteiger partial charge in [-0.2, -0.15) is 0 Å². The highest BCUT2D eigenvalue weighted by Crippen LogP contribution is 2.37. The molecule has 0 aliphatic rings. The van der Waals surface area contributed by atoms with Gasteiger partial charge in [-0.15, -0.1) is 11.8 Å². The number of hydrogen-bond donors (Lipinski definition) is 0. The lowest BCUT2D eigenvalue weighted by Crippen LogP contribution is -2.25.